The van der Waals surface area contributed by atoms with Gasteiger partial charge in [-0.15, -0.1) is 0 Å². The molecule has 1 aliphatic rings. The van der Waals surface area contributed by atoms with E-state index >= 15 is 0 Å². The lowest BCUT2D eigenvalue weighted by atomic mass is 9.94. The van der Waals surface area contributed by atoms with Crippen LogP contribution in [0.4, 0.5) is 0 Å². The number of nitrogens with zero attached hydrogens (tertiary/aromatic N) is 2. The van der Waals surface area contributed by atoms with Gasteiger partial charge in [-0.2, -0.15) is 0 Å². The van der Waals surface area contributed by atoms with E-state index in [-0.39, 0.29) is 0 Å². The van der Waals surface area contributed by atoms with E-state index in [0.717, 1.165) is 18.9 Å². The molecule has 4 heteroatoms. The largest absolute Gasteiger partial charge is 0.305 e. The van der Waals surface area contributed by atoms with Crippen LogP contribution in [0.3, 0.4) is 0 Å². The monoisotopic (exact) mass is 242 g/mol. The number of hydrogen-bond acceptors (Lipinski definition) is 4. The molecule has 0 bridgehead atoms. The second kappa shape index (κ2) is 7.31. The third-order valence-electron chi connectivity index (χ3n) is 4.15. The summed E-state index contributed by atoms with van der Waals surface area (Å²) < 4.78 is 0. The molecule has 3 atom stereocenters. The number of nitrogens with one attached hydrogen (secondary N) is 1. The first-order chi connectivity index (χ1) is 8.08. The SMILES string of the molecule is CCC(C)CC(NN)C1CN(C)CCCN1C. The Balaban J connectivity index is 2.63. The molecule has 1 heterocycles. The van der Waals surface area contributed by atoms with Gasteiger partial charge in [-0.05, 0) is 45.9 Å². The highest BCUT2D eigenvalue weighted by atomic mass is 15.3. The average Bonchev–Trinajstić information content (AvgIpc) is 2.48. The van der Waals surface area contributed by atoms with Crippen molar-refractivity contribution in [1.82, 2.24) is 15.2 Å². The van der Waals surface area contributed by atoms with Gasteiger partial charge in [-0.1, -0.05) is 20.3 Å². The van der Waals surface area contributed by atoms with Crippen LogP contribution in [-0.4, -0.2) is 55.6 Å². The van der Waals surface area contributed by atoms with Gasteiger partial charge in [0.15, 0.2) is 0 Å². The Bertz CT molecular complexity index is 210. The van der Waals surface area contributed by atoms with E-state index in [1.165, 1.54) is 25.9 Å². The van der Waals surface area contributed by atoms with E-state index in [4.69, 9.17) is 5.84 Å². The fourth-order valence-corrected chi connectivity index (χ4v) is 2.68. The second-order valence-electron chi connectivity index (χ2n) is 5.69. The van der Waals surface area contributed by atoms with Gasteiger partial charge in [0.25, 0.3) is 0 Å². The van der Waals surface area contributed by atoms with E-state index in [9.17, 15) is 0 Å². The molecule has 102 valence electrons. The smallest absolute Gasteiger partial charge is 0.0386 e. The van der Waals surface area contributed by atoms with Crippen molar-refractivity contribution >= 4 is 0 Å². The van der Waals surface area contributed by atoms with E-state index in [1.54, 1.807) is 0 Å². The van der Waals surface area contributed by atoms with Crippen LogP contribution in [0.5, 0.6) is 0 Å². The van der Waals surface area contributed by atoms with E-state index in [2.05, 4.69) is 43.2 Å². The summed E-state index contributed by atoms with van der Waals surface area (Å²) in [6, 6.07) is 0.928. The Morgan fingerprint density at radius 1 is 1.35 bits per heavy atom. The number of rotatable bonds is 5. The summed E-state index contributed by atoms with van der Waals surface area (Å²) in [6.07, 6.45) is 3.64. The predicted molar refractivity (Wildman–Crippen MR) is 73.7 cm³/mol. The first-order valence-corrected chi connectivity index (χ1v) is 6.93. The third-order valence-corrected chi connectivity index (χ3v) is 4.15. The molecule has 0 aromatic rings. The molecule has 0 saturated carbocycles. The number of nitrogens with two attached hydrogens (primary N) is 1. The van der Waals surface area contributed by atoms with Crippen molar-refractivity contribution in [2.75, 3.05) is 33.7 Å². The van der Waals surface area contributed by atoms with Crippen LogP contribution in [0.25, 0.3) is 0 Å². The van der Waals surface area contributed by atoms with E-state index in [1.807, 2.05) is 0 Å². The first-order valence-electron chi connectivity index (χ1n) is 6.93. The maximum absolute atomic E-state index is 5.77. The molecule has 4 nitrogen and oxygen atoms in total. The van der Waals surface area contributed by atoms with Crippen LogP contribution in [0, 0.1) is 5.92 Å². The lowest BCUT2D eigenvalue weighted by Crippen LogP contribution is -2.54. The maximum Gasteiger partial charge on any atom is 0.0386 e. The van der Waals surface area contributed by atoms with Crippen molar-refractivity contribution in [3.8, 4) is 0 Å². The summed E-state index contributed by atoms with van der Waals surface area (Å²) >= 11 is 0. The fraction of sp³-hybridized carbons (Fsp3) is 1.00. The minimum Gasteiger partial charge on any atom is -0.305 e. The summed E-state index contributed by atoms with van der Waals surface area (Å²) in [4.78, 5) is 4.89. The molecule has 1 aliphatic heterocycles. The zero-order valence-corrected chi connectivity index (χ0v) is 11.9. The summed E-state index contributed by atoms with van der Waals surface area (Å²) in [6.45, 7) is 8.04. The van der Waals surface area contributed by atoms with Crippen LogP contribution in [0.15, 0.2) is 0 Å². The third kappa shape index (κ3) is 4.54. The second-order valence-corrected chi connectivity index (χ2v) is 5.69. The summed E-state index contributed by atoms with van der Waals surface area (Å²) in [7, 11) is 4.44. The maximum atomic E-state index is 5.77. The van der Waals surface area contributed by atoms with Crippen molar-refractivity contribution in [2.24, 2.45) is 11.8 Å². The first kappa shape index (κ1) is 14.9. The van der Waals surface area contributed by atoms with Gasteiger partial charge < -0.3 is 9.80 Å². The average molecular weight is 242 g/mol. The molecule has 0 aromatic heterocycles. The van der Waals surface area contributed by atoms with Gasteiger partial charge >= 0.3 is 0 Å². The quantitative estimate of drug-likeness (QED) is 0.555. The predicted octanol–water partition coefficient (Wildman–Crippen LogP) is 0.890. The van der Waals surface area contributed by atoms with Crippen molar-refractivity contribution in [1.29, 1.82) is 0 Å². The van der Waals surface area contributed by atoms with Gasteiger partial charge in [0, 0.05) is 18.6 Å². The lowest BCUT2D eigenvalue weighted by Gasteiger charge is -2.35. The standard InChI is InChI=1S/C13H30N4/c1-5-11(2)9-12(15-14)13-10-16(3)7-6-8-17(13)4/h11-13,15H,5-10,14H2,1-4H3. The highest BCUT2D eigenvalue weighted by Gasteiger charge is 2.28. The topological polar surface area (TPSA) is 44.5 Å². The summed E-state index contributed by atoms with van der Waals surface area (Å²) in [5.41, 5.74) is 3.05. The molecule has 3 N–H and O–H groups in total. The molecule has 17 heavy (non-hydrogen) atoms. The van der Waals surface area contributed by atoms with Gasteiger partial charge in [-0.25, -0.2) is 0 Å². The van der Waals surface area contributed by atoms with Gasteiger partial charge in [0.05, 0.1) is 0 Å². The molecule has 1 fully saturated rings. The molecule has 0 spiro atoms. The molecule has 0 aromatic carbocycles. The van der Waals surface area contributed by atoms with Crippen LogP contribution in [0.1, 0.15) is 33.1 Å². The lowest BCUT2D eigenvalue weighted by molar-refractivity contribution is 0.163. The minimum absolute atomic E-state index is 0.399. The normalized spacial score (nSPS) is 27.7. The zero-order chi connectivity index (χ0) is 12.8. The van der Waals surface area contributed by atoms with Crippen LogP contribution in [0.2, 0.25) is 0 Å². The molecule has 3 unspecified atom stereocenters. The fourth-order valence-electron chi connectivity index (χ4n) is 2.68. The summed E-state index contributed by atoms with van der Waals surface area (Å²) in [5, 5.41) is 0. The Hall–Kier alpha value is -0.160. The number of hydrogen-bond donors (Lipinski definition) is 2. The summed E-state index contributed by atoms with van der Waals surface area (Å²) in [5.74, 6) is 6.50. The zero-order valence-electron chi connectivity index (χ0n) is 11.9. The highest BCUT2D eigenvalue weighted by molar-refractivity contribution is 4.87. The van der Waals surface area contributed by atoms with Gasteiger partial charge in [0.2, 0.25) is 0 Å². The molecular formula is C13H30N4. The van der Waals surface area contributed by atoms with Crippen LogP contribution >= 0.6 is 0 Å². The van der Waals surface area contributed by atoms with Crippen molar-refractivity contribution in [3.05, 3.63) is 0 Å². The van der Waals surface area contributed by atoms with E-state index in [0.29, 0.717) is 12.1 Å². The molecule has 1 rings (SSSR count). The van der Waals surface area contributed by atoms with Crippen molar-refractivity contribution in [3.63, 3.8) is 0 Å². The molecular weight excluding hydrogens is 212 g/mol. The van der Waals surface area contributed by atoms with E-state index < -0.39 is 0 Å². The molecule has 1 saturated heterocycles. The minimum atomic E-state index is 0.399. The molecule has 0 amide bonds. The Morgan fingerprint density at radius 3 is 2.65 bits per heavy atom. The Labute approximate surface area is 106 Å². The van der Waals surface area contributed by atoms with Crippen LogP contribution < -0.4 is 11.3 Å². The molecule has 0 radical (unpaired) electrons. The van der Waals surface area contributed by atoms with Crippen molar-refractivity contribution in [2.45, 2.75) is 45.2 Å². The van der Waals surface area contributed by atoms with Crippen molar-refractivity contribution < 1.29 is 0 Å². The Morgan fingerprint density at radius 2 is 2.06 bits per heavy atom. The number of hydrazine groups is 1. The van der Waals surface area contributed by atoms with Gasteiger partial charge in [0.1, 0.15) is 0 Å². The highest BCUT2D eigenvalue weighted by Crippen LogP contribution is 2.17. The number of likely N-dealkylation sites (N-methyl/N-ethyl adjacent to an activating group) is 2. The Kier molecular flexibility index (Phi) is 6.41. The van der Waals surface area contributed by atoms with Crippen LogP contribution in [-0.2, 0) is 0 Å². The van der Waals surface area contributed by atoms with Gasteiger partial charge in [-0.3, -0.25) is 11.3 Å². The molecule has 0 aliphatic carbocycles.